The van der Waals surface area contributed by atoms with Crippen LogP contribution in [0.15, 0.2) is 39.9 Å². The van der Waals surface area contributed by atoms with Crippen molar-refractivity contribution in [3.05, 3.63) is 62.4 Å². The van der Waals surface area contributed by atoms with Gasteiger partial charge in [-0.3, -0.25) is 14.6 Å². The maximum Gasteiger partial charge on any atom is 0.342 e. The Labute approximate surface area is 138 Å². The van der Waals surface area contributed by atoms with Gasteiger partial charge in [0.2, 0.25) is 5.91 Å². The molecule has 0 radical (unpaired) electrons. The lowest BCUT2D eigenvalue weighted by molar-refractivity contribution is -0.131. The van der Waals surface area contributed by atoms with Gasteiger partial charge in [0.1, 0.15) is 5.69 Å². The zero-order valence-electron chi connectivity index (χ0n) is 13.3. The van der Waals surface area contributed by atoms with Crippen LogP contribution in [0.25, 0.3) is 0 Å². The second-order valence-electron chi connectivity index (χ2n) is 6.03. The Morgan fingerprint density at radius 1 is 1.25 bits per heavy atom. The topological polar surface area (TPSA) is 98.9 Å². The van der Waals surface area contributed by atoms with Crippen LogP contribution < -0.4 is 11.2 Å². The summed E-state index contributed by atoms with van der Waals surface area (Å²) in [6.45, 7) is 0.756. The molecule has 3 rings (SSSR count). The fourth-order valence-electron chi connectivity index (χ4n) is 3.17. The van der Waals surface area contributed by atoms with Gasteiger partial charge < -0.3 is 4.90 Å². The molecule has 2 N–H and O–H groups in total. The van der Waals surface area contributed by atoms with Gasteiger partial charge >= 0.3 is 5.69 Å². The van der Waals surface area contributed by atoms with E-state index in [0.717, 1.165) is 25.8 Å². The predicted octanol–water partition coefficient (Wildman–Crippen LogP) is 0.625. The Bertz CT molecular complexity index is 812. The second kappa shape index (κ2) is 7.25. The van der Waals surface area contributed by atoms with Gasteiger partial charge in [-0.2, -0.15) is 5.10 Å². The zero-order valence-corrected chi connectivity index (χ0v) is 13.3. The number of likely N-dealkylation sites (tertiary alicyclic amines) is 1. The number of aromatic nitrogens is 3. The van der Waals surface area contributed by atoms with Crippen LogP contribution in [0.1, 0.15) is 30.5 Å². The molecule has 1 fully saturated rings. The molecule has 0 aliphatic carbocycles. The molecule has 0 saturated carbocycles. The third-order valence-electron chi connectivity index (χ3n) is 4.37. The fraction of sp³-hybridized carbons (Fsp3) is 0.412. The first-order chi connectivity index (χ1) is 11.6. The number of aryl methyl sites for hydroxylation is 1. The van der Waals surface area contributed by atoms with E-state index in [9.17, 15) is 14.4 Å². The van der Waals surface area contributed by atoms with Gasteiger partial charge in [-0.15, -0.1) is 0 Å². The molecule has 126 valence electrons. The third kappa shape index (κ3) is 3.79. The number of hydrogen-bond donors (Lipinski definition) is 2. The molecular formula is C17H20N4O3. The molecule has 1 aliphatic rings. The van der Waals surface area contributed by atoms with Crippen LogP contribution in [0, 0.1) is 0 Å². The molecule has 2 heterocycles. The van der Waals surface area contributed by atoms with Crippen LogP contribution in [-0.4, -0.2) is 38.6 Å². The molecule has 0 spiro atoms. The summed E-state index contributed by atoms with van der Waals surface area (Å²) < 4.78 is 0. The average Bonchev–Trinajstić information content (AvgIpc) is 3.03. The summed E-state index contributed by atoms with van der Waals surface area (Å²) in [7, 11) is 0. The minimum absolute atomic E-state index is 0.0285. The van der Waals surface area contributed by atoms with Crippen molar-refractivity contribution in [1.29, 1.82) is 0 Å². The van der Waals surface area contributed by atoms with E-state index in [-0.39, 0.29) is 30.5 Å². The van der Waals surface area contributed by atoms with Gasteiger partial charge in [0.15, 0.2) is 0 Å². The Morgan fingerprint density at radius 2 is 2.04 bits per heavy atom. The number of nitrogens with zero attached hydrogens (tertiary/aromatic N) is 2. The molecule has 7 heteroatoms. The average molecular weight is 328 g/mol. The van der Waals surface area contributed by atoms with Gasteiger partial charge in [0.05, 0.1) is 0 Å². The van der Waals surface area contributed by atoms with Gasteiger partial charge in [0.25, 0.3) is 5.56 Å². The number of carbonyl (C=O) groups excluding carboxylic acids is 1. The standard InChI is InChI=1S/C17H20N4O3/c22-15(9-8-14-16(23)18-17(24)20-19-14)21-10-4-7-13(21)11-12-5-2-1-3-6-12/h1-3,5-6,13H,4,7-11H2,(H2,18,20,23,24)/t13-/m0/s1. The number of nitrogens with one attached hydrogen (secondary N) is 2. The van der Waals surface area contributed by atoms with Crippen molar-refractivity contribution in [1.82, 2.24) is 20.1 Å². The summed E-state index contributed by atoms with van der Waals surface area (Å²) in [5, 5.41) is 5.90. The molecule has 0 unspecified atom stereocenters. The van der Waals surface area contributed by atoms with E-state index in [1.165, 1.54) is 5.56 Å². The number of H-pyrrole nitrogens is 2. The van der Waals surface area contributed by atoms with Gasteiger partial charge in [-0.05, 0) is 24.8 Å². The van der Waals surface area contributed by atoms with Crippen LogP contribution in [0.5, 0.6) is 0 Å². The van der Waals surface area contributed by atoms with E-state index in [0.29, 0.717) is 0 Å². The summed E-state index contributed by atoms with van der Waals surface area (Å²) in [6.07, 6.45) is 3.29. The minimum atomic E-state index is -0.641. The van der Waals surface area contributed by atoms with E-state index in [4.69, 9.17) is 0 Å². The Hall–Kier alpha value is -2.70. The molecule has 1 aromatic heterocycles. The SMILES string of the molecule is O=C(CCc1n[nH]c(=O)[nH]c1=O)N1CCC[C@H]1Cc1ccccc1. The highest BCUT2D eigenvalue weighted by molar-refractivity contribution is 5.77. The van der Waals surface area contributed by atoms with E-state index >= 15 is 0 Å². The highest BCUT2D eigenvalue weighted by Gasteiger charge is 2.28. The molecule has 1 atom stereocenters. The van der Waals surface area contributed by atoms with Crippen LogP contribution in [0.3, 0.4) is 0 Å². The Kier molecular flexibility index (Phi) is 4.88. The summed E-state index contributed by atoms with van der Waals surface area (Å²) in [5.74, 6) is 0.0285. The lowest BCUT2D eigenvalue weighted by Crippen LogP contribution is -2.37. The van der Waals surface area contributed by atoms with Crippen molar-refractivity contribution in [2.45, 2.75) is 38.1 Å². The van der Waals surface area contributed by atoms with Crippen molar-refractivity contribution in [3.8, 4) is 0 Å². The van der Waals surface area contributed by atoms with Crippen molar-refractivity contribution in [2.75, 3.05) is 6.54 Å². The van der Waals surface area contributed by atoms with Crippen molar-refractivity contribution in [3.63, 3.8) is 0 Å². The van der Waals surface area contributed by atoms with E-state index < -0.39 is 11.2 Å². The predicted molar refractivity (Wildman–Crippen MR) is 88.7 cm³/mol. The monoisotopic (exact) mass is 328 g/mol. The number of hydrogen-bond acceptors (Lipinski definition) is 4. The third-order valence-corrected chi connectivity index (χ3v) is 4.37. The van der Waals surface area contributed by atoms with Crippen LogP contribution in [0.4, 0.5) is 0 Å². The van der Waals surface area contributed by atoms with Crippen molar-refractivity contribution in [2.24, 2.45) is 0 Å². The molecule has 24 heavy (non-hydrogen) atoms. The summed E-state index contributed by atoms with van der Waals surface area (Å²) in [6, 6.07) is 10.3. The fourth-order valence-corrected chi connectivity index (χ4v) is 3.17. The molecule has 7 nitrogen and oxygen atoms in total. The van der Waals surface area contributed by atoms with E-state index in [1.54, 1.807) is 0 Å². The van der Waals surface area contributed by atoms with Crippen LogP contribution in [0.2, 0.25) is 0 Å². The van der Waals surface area contributed by atoms with E-state index in [2.05, 4.69) is 27.3 Å². The highest BCUT2D eigenvalue weighted by atomic mass is 16.2. The molecule has 1 saturated heterocycles. The number of rotatable bonds is 5. The number of benzene rings is 1. The van der Waals surface area contributed by atoms with Gasteiger partial charge in [-0.25, -0.2) is 9.89 Å². The Balaban J connectivity index is 1.61. The maximum atomic E-state index is 12.5. The Morgan fingerprint density at radius 3 is 2.79 bits per heavy atom. The van der Waals surface area contributed by atoms with E-state index in [1.807, 2.05) is 23.1 Å². The van der Waals surface area contributed by atoms with Crippen LogP contribution in [-0.2, 0) is 17.6 Å². The van der Waals surface area contributed by atoms with Crippen molar-refractivity contribution >= 4 is 5.91 Å². The first-order valence-corrected chi connectivity index (χ1v) is 8.15. The second-order valence-corrected chi connectivity index (χ2v) is 6.03. The summed E-state index contributed by atoms with van der Waals surface area (Å²) in [5.41, 5.74) is 0.231. The number of aromatic amines is 2. The van der Waals surface area contributed by atoms with Gasteiger partial charge in [-0.1, -0.05) is 30.3 Å². The highest BCUT2D eigenvalue weighted by Crippen LogP contribution is 2.22. The lowest BCUT2D eigenvalue weighted by Gasteiger charge is -2.25. The minimum Gasteiger partial charge on any atom is -0.339 e. The van der Waals surface area contributed by atoms with Gasteiger partial charge in [0, 0.05) is 25.4 Å². The largest absolute Gasteiger partial charge is 0.342 e. The normalized spacial score (nSPS) is 17.2. The zero-order chi connectivity index (χ0) is 16.9. The summed E-state index contributed by atoms with van der Waals surface area (Å²) >= 11 is 0. The van der Waals surface area contributed by atoms with Crippen molar-refractivity contribution < 1.29 is 4.79 Å². The lowest BCUT2D eigenvalue weighted by atomic mass is 10.0. The first-order valence-electron chi connectivity index (χ1n) is 8.15. The maximum absolute atomic E-state index is 12.5. The smallest absolute Gasteiger partial charge is 0.339 e. The summed E-state index contributed by atoms with van der Waals surface area (Å²) in [4.78, 5) is 39.1. The molecule has 2 aromatic rings. The molecular weight excluding hydrogens is 308 g/mol. The first kappa shape index (κ1) is 16.2. The molecule has 1 amide bonds. The number of amides is 1. The quantitative estimate of drug-likeness (QED) is 0.840. The molecule has 0 bridgehead atoms. The van der Waals surface area contributed by atoms with Crippen LogP contribution >= 0.6 is 0 Å². The molecule has 1 aromatic carbocycles. The molecule has 1 aliphatic heterocycles. The number of carbonyl (C=O) groups is 1.